The van der Waals surface area contributed by atoms with Gasteiger partial charge in [0.15, 0.2) is 0 Å². The Kier molecular flexibility index (Phi) is 5.15. The third-order valence-electron chi connectivity index (χ3n) is 4.81. The van der Waals surface area contributed by atoms with Gasteiger partial charge < -0.3 is 9.30 Å². The van der Waals surface area contributed by atoms with E-state index >= 15 is 0 Å². The molecule has 146 valence electrons. The maximum absolute atomic E-state index is 12.9. The van der Waals surface area contributed by atoms with Gasteiger partial charge in [-0.05, 0) is 61.7 Å². The molecule has 0 atom stereocenters. The zero-order valence-corrected chi connectivity index (χ0v) is 16.4. The van der Waals surface area contributed by atoms with Crippen molar-refractivity contribution in [2.45, 2.75) is 30.8 Å². The SMILES string of the molecule is Cc1cnc(OC2CCN(S(=O)(=O)c3ccc(-n4cccc4)cc3)CC2)nc1. The minimum atomic E-state index is -3.51. The van der Waals surface area contributed by atoms with Crippen molar-refractivity contribution in [1.82, 2.24) is 18.8 Å². The predicted molar refractivity (Wildman–Crippen MR) is 105 cm³/mol. The molecule has 3 heterocycles. The van der Waals surface area contributed by atoms with Gasteiger partial charge in [-0.2, -0.15) is 4.31 Å². The summed E-state index contributed by atoms with van der Waals surface area (Å²) >= 11 is 0. The topological polar surface area (TPSA) is 77.3 Å². The van der Waals surface area contributed by atoms with Crippen molar-refractivity contribution in [3.8, 4) is 11.7 Å². The van der Waals surface area contributed by atoms with Gasteiger partial charge in [0.2, 0.25) is 10.0 Å². The Bertz CT molecular complexity index is 1010. The van der Waals surface area contributed by atoms with Gasteiger partial charge in [0.05, 0.1) is 4.90 Å². The number of sulfonamides is 1. The maximum atomic E-state index is 12.9. The summed E-state index contributed by atoms with van der Waals surface area (Å²) in [5, 5.41) is 0. The smallest absolute Gasteiger partial charge is 0.316 e. The largest absolute Gasteiger partial charge is 0.460 e. The Morgan fingerprint density at radius 3 is 2.21 bits per heavy atom. The zero-order valence-electron chi connectivity index (χ0n) is 15.6. The highest BCUT2D eigenvalue weighted by Gasteiger charge is 2.30. The number of nitrogens with zero attached hydrogens (tertiary/aromatic N) is 4. The lowest BCUT2D eigenvalue weighted by atomic mass is 10.1. The normalized spacial score (nSPS) is 16.2. The van der Waals surface area contributed by atoms with Gasteiger partial charge in [-0.1, -0.05) is 0 Å². The summed E-state index contributed by atoms with van der Waals surface area (Å²) < 4.78 is 35.1. The fraction of sp³-hybridized carbons (Fsp3) is 0.300. The van der Waals surface area contributed by atoms with Crippen LogP contribution < -0.4 is 4.74 Å². The van der Waals surface area contributed by atoms with Crippen molar-refractivity contribution in [2.24, 2.45) is 0 Å². The summed E-state index contributed by atoms with van der Waals surface area (Å²) in [4.78, 5) is 8.61. The highest BCUT2D eigenvalue weighted by molar-refractivity contribution is 7.89. The minimum Gasteiger partial charge on any atom is -0.460 e. The number of hydrogen-bond donors (Lipinski definition) is 0. The third kappa shape index (κ3) is 3.93. The zero-order chi connectivity index (χ0) is 19.6. The van der Waals surface area contributed by atoms with Crippen LogP contribution in [0.4, 0.5) is 0 Å². The van der Waals surface area contributed by atoms with E-state index in [1.165, 1.54) is 4.31 Å². The first-order chi connectivity index (χ1) is 13.5. The van der Waals surface area contributed by atoms with Gasteiger partial charge in [0.25, 0.3) is 0 Å². The van der Waals surface area contributed by atoms with Crippen molar-refractivity contribution in [2.75, 3.05) is 13.1 Å². The summed E-state index contributed by atoms with van der Waals surface area (Å²) in [5.74, 6) is 0. The Hall–Kier alpha value is -2.71. The second-order valence-electron chi connectivity index (χ2n) is 6.85. The molecule has 1 aliphatic heterocycles. The second kappa shape index (κ2) is 7.73. The first-order valence-corrected chi connectivity index (χ1v) is 10.7. The van der Waals surface area contributed by atoms with E-state index < -0.39 is 10.0 Å². The van der Waals surface area contributed by atoms with Crippen LogP contribution >= 0.6 is 0 Å². The van der Waals surface area contributed by atoms with E-state index in [2.05, 4.69) is 9.97 Å². The molecule has 0 N–H and O–H groups in total. The molecule has 2 aromatic heterocycles. The average molecular weight is 398 g/mol. The Morgan fingerprint density at radius 2 is 1.61 bits per heavy atom. The molecule has 7 nitrogen and oxygen atoms in total. The van der Waals surface area contributed by atoms with E-state index in [1.54, 1.807) is 24.5 Å². The molecule has 8 heteroatoms. The van der Waals surface area contributed by atoms with Crippen LogP contribution in [-0.2, 0) is 10.0 Å². The van der Waals surface area contributed by atoms with E-state index in [-0.39, 0.29) is 6.10 Å². The lowest BCUT2D eigenvalue weighted by molar-refractivity contribution is 0.124. The highest BCUT2D eigenvalue weighted by atomic mass is 32.2. The molecule has 28 heavy (non-hydrogen) atoms. The molecule has 3 aromatic rings. The van der Waals surface area contributed by atoms with E-state index in [9.17, 15) is 8.42 Å². The molecule has 0 unspecified atom stereocenters. The summed E-state index contributed by atoms with van der Waals surface area (Å²) in [5.41, 5.74) is 1.89. The van der Waals surface area contributed by atoms with Crippen molar-refractivity contribution in [3.63, 3.8) is 0 Å². The van der Waals surface area contributed by atoms with Crippen LogP contribution in [0.3, 0.4) is 0 Å². The number of rotatable bonds is 5. The summed E-state index contributed by atoms with van der Waals surface area (Å²) in [6.07, 6.45) is 8.40. The van der Waals surface area contributed by atoms with Crippen LogP contribution in [0.5, 0.6) is 6.01 Å². The maximum Gasteiger partial charge on any atom is 0.316 e. The number of aryl methyl sites for hydroxylation is 1. The molecule has 0 radical (unpaired) electrons. The molecule has 0 spiro atoms. The van der Waals surface area contributed by atoms with Crippen molar-refractivity contribution >= 4 is 10.0 Å². The first kappa shape index (κ1) is 18.6. The van der Waals surface area contributed by atoms with E-state index in [0.29, 0.717) is 36.8 Å². The molecule has 1 saturated heterocycles. The van der Waals surface area contributed by atoms with E-state index in [0.717, 1.165) is 11.3 Å². The molecule has 0 saturated carbocycles. The lowest BCUT2D eigenvalue weighted by Gasteiger charge is -2.30. The molecule has 0 bridgehead atoms. The molecule has 1 fully saturated rings. The van der Waals surface area contributed by atoms with Gasteiger partial charge in [-0.3, -0.25) is 0 Å². The molecule has 0 amide bonds. The summed E-state index contributed by atoms with van der Waals surface area (Å²) in [6, 6.07) is 11.2. The van der Waals surface area contributed by atoms with Crippen LogP contribution in [0.25, 0.3) is 5.69 Å². The van der Waals surface area contributed by atoms with E-state index in [1.807, 2.05) is 48.1 Å². The molecular weight excluding hydrogens is 376 g/mol. The Morgan fingerprint density at radius 1 is 1.00 bits per heavy atom. The number of piperidine rings is 1. The van der Waals surface area contributed by atoms with Crippen LogP contribution in [0.1, 0.15) is 18.4 Å². The quantitative estimate of drug-likeness (QED) is 0.660. The third-order valence-corrected chi connectivity index (χ3v) is 6.72. The fourth-order valence-electron chi connectivity index (χ4n) is 3.23. The fourth-order valence-corrected chi connectivity index (χ4v) is 4.70. The Labute approximate surface area is 164 Å². The van der Waals surface area contributed by atoms with Crippen LogP contribution in [-0.4, -0.2) is 46.5 Å². The number of hydrogen-bond acceptors (Lipinski definition) is 5. The monoisotopic (exact) mass is 398 g/mol. The molecule has 4 rings (SSSR count). The van der Waals surface area contributed by atoms with Gasteiger partial charge in [-0.25, -0.2) is 18.4 Å². The predicted octanol–water partition coefficient (Wildman–Crippen LogP) is 2.81. The summed E-state index contributed by atoms with van der Waals surface area (Å²) in [6.45, 7) is 2.74. The van der Waals surface area contributed by atoms with Crippen molar-refractivity contribution in [1.29, 1.82) is 0 Å². The number of benzene rings is 1. The van der Waals surface area contributed by atoms with Crippen molar-refractivity contribution in [3.05, 3.63) is 66.7 Å². The first-order valence-electron chi connectivity index (χ1n) is 9.21. The molecule has 0 aliphatic carbocycles. The van der Waals surface area contributed by atoms with Crippen LogP contribution in [0.2, 0.25) is 0 Å². The average Bonchev–Trinajstić information content (AvgIpc) is 3.25. The van der Waals surface area contributed by atoms with E-state index in [4.69, 9.17) is 4.74 Å². The minimum absolute atomic E-state index is 0.0785. The Balaban J connectivity index is 1.39. The molecule has 1 aliphatic rings. The van der Waals surface area contributed by atoms with Crippen LogP contribution in [0.15, 0.2) is 66.1 Å². The second-order valence-corrected chi connectivity index (χ2v) is 8.79. The molecular formula is C20H22N4O3S. The van der Waals surface area contributed by atoms with Gasteiger partial charge in [0, 0.05) is 43.6 Å². The van der Waals surface area contributed by atoms with Crippen molar-refractivity contribution < 1.29 is 13.2 Å². The standard InChI is InChI=1S/C20H22N4O3S/c1-16-14-21-20(22-15-16)27-18-8-12-24(13-9-18)28(25,26)19-6-4-17(5-7-19)23-10-2-3-11-23/h2-7,10-11,14-15,18H,8-9,12-13H2,1H3. The van der Waals surface area contributed by atoms with Gasteiger partial charge >= 0.3 is 6.01 Å². The summed E-state index contributed by atoms with van der Waals surface area (Å²) in [7, 11) is -3.51. The molecule has 1 aromatic carbocycles. The number of ether oxygens (including phenoxy) is 1. The van der Waals surface area contributed by atoms with Crippen LogP contribution in [0, 0.1) is 6.92 Å². The van der Waals surface area contributed by atoms with Gasteiger partial charge in [-0.15, -0.1) is 0 Å². The van der Waals surface area contributed by atoms with Gasteiger partial charge in [0.1, 0.15) is 6.10 Å². The highest BCUT2D eigenvalue weighted by Crippen LogP contribution is 2.23. The number of aromatic nitrogens is 3. The lowest BCUT2D eigenvalue weighted by Crippen LogP contribution is -2.41.